The average Bonchev–Trinajstić information content (AvgIpc) is 2.55. The van der Waals surface area contributed by atoms with Gasteiger partial charge in [0.25, 0.3) is 5.91 Å². The number of rotatable bonds is 2. The van der Waals surface area contributed by atoms with Crippen molar-refractivity contribution >= 4 is 11.8 Å². The van der Waals surface area contributed by atoms with Gasteiger partial charge in [0.2, 0.25) is 5.91 Å². The van der Waals surface area contributed by atoms with Gasteiger partial charge in [-0.1, -0.05) is 36.4 Å². The summed E-state index contributed by atoms with van der Waals surface area (Å²) in [7, 11) is 0. The summed E-state index contributed by atoms with van der Waals surface area (Å²) in [5.74, 6) is -1.10. The van der Waals surface area contributed by atoms with Gasteiger partial charge >= 0.3 is 0 Å². The van der Waals surface area contributed by atoms with Crippen LogP contribution in [0.5, 0.6) is 0 Å². The molecule has 0 aliphatic carbocycles. The summed E-state index contributed by atoms with van der Waals surface area (Å²) in [5, 5.41) is 2.71. The Hall–Kier alpha value is -2.69. The number of carbonyl (C=O) groups is 2. The van der Waals surface area contributed by atoms with Crippen molar-refractivity contribution in [2.75, 3.05) is 13.1 Å². The molecule has 2 amide bonds. The summed E-state index contributed by atoms with van der Waals surface area (Å²) in [4.78, 5) is 26.6. The summed E-state index contributed by atoms with van der Waals surface area (Å²) < 4.78 is 14.1. The Morgan fingerprint density at radius 2 is 1.87 bits per heavy atom. The summed E-state index contributed by atoms with van der Waals surface area (Å²) in [5.41, 5.74) is 1.57. The number of nitrogens with one attached hydrogen (secondary N) is 1. The number of piperazine rings is 1. The Morgan fingerprint density at radius 1 is 1.17 bits per heavy atom. The highest BCUT2D eigenvalue weighted by Crippen LogP contribution is 2.27. The lowest BCUT2D eigenvalue weighted by Gasteiger charge is -2.35. The van der Waals surface area contributed by atoms with Crippen molar-refractivity contribution in [2.24, 2.45) is 0 Å². The van der Waals surface area contributed by atoms with Crippen molar-refractivity contribution in [1.29, 1.82) is 0 Å². The molecule has 4 nitrogen and oxygen atoms in total. The third kappa shape index (κ3) is 2.82. The minimum absolute atomic E-state index is 0.214. The van der Waals surface area contributed by atoms with E-state index in [0.29, 0.717) is 18.7 Å². The van der Waals surface area contributed by atoms with Gasteiger partial charge in [-0.05, 0) is 24.6 Å². The van der Waals surface area contributed by atoms with Crippen LogP contribution in [0.1, 0.15) is 27.5 Å². The maximum Gasteiger partial charge on any atom is 0.255 e. The number of hydrogen-bond donors (Lipinski definition) is 1. The van der Waals surface area contributed by atoms with Crippen LogP contribution in [-0.4, -0.2) is 29.8 Å². The van der Waals surface area contributed by atoms with Crippen LogP contribution >= 0.6 is 0 Å². The highest BCUT2D eigenvalue weighted by atomic mass is 19.1. The van der Waals surface area contributed by atoms with Gasteiger partial charge in [0.15, 0.2) is 0 Å². The number of halogens is 1. The maximum atomic E-state index is 14.1. The van der Waals surface area contributed by atoms with E-state index in [1.54, 1.807) is 30.3 Å². The molecule has 1 heterocycles. The van der Waals surface area contributed by atoms with Crippen LogP contribution in [0.25, 0.3) is 0 Å². The van der Waals surface area contributed by atoms with Gasteiger partial charge in [0.05, 0.1) is 0 Å². The standard InChI is InChI=1S/C18H17FN2O2/c1-12-6-2-3-7-13(12)18(23)21-11-10-20-17(22)16(21)14-8-4-5-9-15(14)19/h2-9,16H,10-11H2,1H3,(H,20,22). The predicted molar refractivity (Wildman–Crippen MR) is 84.4 cm³/mol. The van der Waals surface area contributed by atoms with Crippen molar-refractivity contribution < 1.29 is 14.0 Å². The molecular formula is C18H17FN2O2. The number of amides is 2. The third-order valence-electron chi connectivity index (χ3n) is 4.05. The SMILES string of the molecule is Cc1ccccc1C(=O)N1CCNC(=O)C1c1ccccc1F. The van der Waals surface area contributed by atoms with Crippen LogP contribution in [0, 0.1) is 12.7 Å². The van der Waals surface area contributed by atoms with Crippen molar-refractivity contribution in [2.45, 2.75) is 13.0 Å². The lowest BCUT2D eigenvalue weighted by molar-refractivity contribution is -0.128. The molecule has 1 aliphatic rings. The second-order valence-electron chi connectivity index (χ2n) is 5.53. The molecule has 0 bridgehead atoms. The summed E-state index contributed by atoms with van der Waals surface area (Å²) >= 11 is 0. The molecule has 2 aromatic rings. The molecule has 1 saturated heterocycles. The van der Waals surface area contributed by atoms with E-state index in [1.165, 1.54) is 11.0 Å². The van der Waals surface area contributed by atoms with E-state index in [4.69, 9.17) is 0 Å². The maximum absolute atomic E-state index is 14.1. The molecule has 1 atom stereocenters. The average molecular weight is 312 g/mol. The minimum Gasteiger partial charge on any atom is -0.352 e. The summed E-state index contributed by atoms with van der Waals surface area (Å²) in [6, 6.07) is 12.3. The zero-order valence-corrected chi connectivity index (χ0v) is 12.8. The van der Waals surface area contributed by atoms with Gasteiger partial charge in [-0.2, -0.15) is 0 Å². The van der Waals surface area contributed by atoms with Crippen molar-refractivity contribution in [3.05, 3.63) is 71.0 Å². The molecule has 2 aromatic carbocycles. The zero-order valence-electron chi connectivity index (χ0n) is 12.8. The number of benzene rings is 2. The molecule has 5 heteroatoms. The van der Waals surface area contributed by atoms with Gasteiger partial charge in [-0.25, -0.2) is 4.39 Å². The molecule has 3 rings (SSSR count). The molecule has 23 heavy (non-hydrogen) atoms. The fourth-order valence-electron chi connectivity index (χ4n) is 2.86. The van der Waals surface area contributed by atoms with Crippen LogP contribution in [0.2, 0.25) is 0 Å². The lowest BCUT2D eigenvalue weighted by Crippen LogP contribution is -2.52. The fraction of sp³-hybridized carbons (Fsp3) is 0.222. The number of carbonyl (C=O) groups excluding carboxylic acids is 2. The van der Waals surface area contributed by atoms with E-state index in [1.807, 2.05) is 19.1 Å². The van der Waals surface area contributed by atoms with E-state index >= 15 is 0 Å². The van der Waals surface area contributed by atoms with Crippen LogP contribution in [-0.2, 0) is 4.79 Å². The van der Waals surface area contributed by atoms with Gasteiger partial charge < -0.3 is 10.2 Å². The van der Waals surface area contributed by atoms with E-state index in [2.05, 4.69) is 5.32 Å². The van der Waals surface area contributed by atoms with E-state index in [0.717, 1.165) is 5.56 Å². The first kappa shape index (κ1) is 15.2. The first-order chi connectivity index (χ1) is 11.1. The molecular weight excluding hydrogens is 295 g/mol. The molecule has 0 saturated carbocycles. The largest absolute Gasteiger partial charge is 0.352 e. The van der Waals surface area contributed by atoms with E-state index in [9.17, 15) is 14.0 Å². The second kappa shape index (κ2) is 6.20. The number of nitrogens with zero attached hydrogens (tertiary/aromatic N) is 1. The highest BCUT2D eigenvalue weighted by Gasteiger charge is 2.36. The fourth-order valence-corrected chi connectivity index (χ4v) is 2.86. The molecule has 1 fully saturated rings. The van der Waals surface area contributed by atoms with Crippen LogP contribution < -0.4 is 5.32 Å². The Bertz CT molecular complexity index is 760. The third-order valence-corrected chi connectivity index (χ3v) is 4.05. The highest BCUT2D eigenvalue weighted by molar-refractivity contribution is 5.99. The van der Waals surface area contributed by atoms with Crippen molar-refractivity contribution in [1.82, 2.24) is 10.2 Å². The smallest absolute Gasteiger partial charge is 0.255 e. The van der Waals surface area contributed by atoms with E-state index < -0.39 is 11.9 Å². The summed E-state index contributed by atoms with van der Waals surface area (Å²) in [6.45, 7) is 2.55. The Morgan fingerprint density at radius 3 is 2.61 bits per heavy atom. The molecule has 0 radical (unpaired) electrons. The minimum atomic E-state index is -0.947. The molecule has 118 valence electrons. The quantitative estimate of drug-likeness (QED) is 0.926. The molecule has 0 aromatic heterocycles. The van der Waals surface area contributed by atoms with Gasteiger partial charge in [0.1, 0.15) is 11.9 Å². The first-order valence-electron chi connectivity index (χ1n) is 7.48. The van der Waals surface area contributed by atoms with Gasteiger partial charge in [0, 0.05) is 24.2 Å². The molecule has 1 N–H and O–H groups in total. The monoisotopic (exact) mass is 312 g/mol. The second-order valence-corrected chi connectivity index (χ2v) is 5.53. The molecule has 1 aliphatic heterocycles. The normalized spacial score (nSPS) is 17.7. The van der Waals surface area contributed by atoms with Crippen LogP contribution in [0.3, 0.4) is 0 Å². The van der Waals surface area contributed by atoms with Crippen molar-refractivity contribution in [3.8, 4) is 0 Å². The van der Waals surface area contributed by atoms with Gasteiger partial charge in [-0.15, -0.1) is 0 Å². The summed E-state index contributed by atoms with van der Waals surface area (Å²) in [6.07, 6.45) is 0. The zero-order chi connectivity index (χ0) is 16.4. The predicted octanol–water partition coefficient (Wildman–Crippen LogP) is 2.45. The van der Waals surface area contributed by atoms with Crippen LogP contribution in [0.15, 0.2) is 48.5 Å². The Balaban J connectivity index is 2.02. The lowest BCUT2D eigenvalue weighted by atomic mass is 9.99. The van der Waals surface area contributed by atoms with E-state index in [-0.39, 0.29) is 17.4 Å². The molecule has 0 spiro atoms. The van der Waals surface area contributed by atoms with Crippen molar-refractivity contribution in [3.63, 3.8) is 0 Å². The number of hydrogen-bond acceptors (Lipinski definition) is 2. The molecule has 1 unspecified atom stereocenters. The first-order valence-corrected chi connectivity index (χ1v) is 7.48. The van der Waals surface area contributed by atoms with Crippen LogP contribution in [0.4, 0.5) is 4.39 Å². The Labute approximate surface area is 133 Å². The topological polar surface area (TPSA) is 49.4 Å². The van der Waals surface area contributed by atoms with Gasteiger partial charge in [-0.3, -0.25) is 9.59 Å². The Kier molecular flexibility index (Phi) is 4.10. The number of aryl methyl sites for hydroxylation is 1.